The van der Waals surface area contributed by atoms with Crippen LogP contribution in [0.1, 0.15) is 44.9 Å². The van der Waals surface area contributed by atoms with Gasteiger partial charge in [-0.25, -0.2) is 0 Å². The van der Waals surface area contributed by atoms with E-state index in [1.165, 1.54) is 51.5 Å². The van der Waals surface area contributed by atoms with Crippen molar-refractivity contribution in [1.29, 1.82) is 0 Å². The first-order valence-corrected chi connectivity index (χ1v) is 7.37. The second-order valence-corrected chi connectivity index (χ2v) is 5.61. The topological polar surface area (TPSA) is 24.5 Å². The molecule has 0 aromatic rings. The summed E-state index contributed by atoms with van der Waals surface area (Å²) in [4.78, 5) is 2.43. The molecule has 2 aliphatic rings. The number of ether oxygens (including phenoxy) is 1. The van der Waals surface area contributed by atoms with Gasteiger partial charge in [-0.05, 0) is 58.5 Å². The standard InChI is InChI=1S/C14H28N2O/c1-16(14-7-8-14)10-12-17-11-4-2-3-9-15-13-5-6-13/h13-15H,2-12H2,1H3. The number of nitrogens with zero attached hydrogens (tertiary/aromatic N) is 1. The Bertz CT molecular complexity index is 202. The SMILES string of the molecule is CN(CCOCCCCCNC1CC1)C1CC1. The average molecular weight is 240 g/mol. The molecular weight excluding hydrogens is 212 g/mol. The Morgan fingerprint density at radius 3 is 2.59 bits per heavy atom. The van der Waals surface area contributed by atoms with E-state index in [4.69, 9.17) is 4.74 Å². The molecule has 0 spiro atoms. The Morgan fingerprint density at radius 1 is 1.06 bits per heavy atom. The number of rotatable bonds is 11. The van der Waals surface area contributed by atoms with Crippen molar-refractivity contribution in [2.24, 2.45) is 0 Å². The maximum Gasteiger partial charge on any atom is 0.0593 e. The van der Waals surface area contributed by atoms with E-state index >= 15 is 0 Å². The van der Waals surface area contributed by atoms with Gasteiger partial charge in [-0.15, -0.1) is 0 Å². The molecule has 0 heterocycles. The van der Waals surface area contributed by atoms with Gasteiger partial charge in [-0.1, -0.05) is 0 Å². The fraction of sp³-hybridized carbons (Fsp3) is 1.00. The highest BCUT2D eigenvalue weighted by molar-refractivity contribution is 4.82. The van der Waals surface area contributed by atoms with Crippen LogP contribution in [-0.2, 0) is 4.74 Å². The quantitative estimate of drug-likeness (QED) is 0.559. The largest absolute Gasteiger partial charge is 0.380 e. The molecule has 3 nitrogen and oxygen atoms in total. The Kier molecular flexibility index (Phi) is 5.75. The zero-order valence-electron chi connectivity index (χ0n) is 11.3. The maximum atomic E-state index is 5.66. The van der Waals surface area contributed by atoms with Crippen LogP contribution in [0.4, 0.5) is 0 Å². The molecule has 2 saturated carbocycles. The lowest BCUT2D eigenvalue weighted by Gasteiger charge is -2.15. The van der Waals surface area contributed by atoms with Gasteiger partial charge in [-0.2, -0.15) is 0 Å². The Morgan fingerprint density at radius 2 is 1.88 bits per heavy atom. The summed E-state index contributed by atoms with van der Waals surface area (Å²) in [5, 5.41) is 3.55. The lowest BCUT2D eigenvalue weighted by molar-refractivity contribution is 0.106. The third kappa shape index (κ3) is 6.39. The molecule has 0 bridgehead atoms. The molecule has 0 aliphatic heterocycles. The second kappa shape index (κ2) is 7.34. The van der Waals surface area contributed by atoms with Crippen molar-refractivity contribution in [2.75, 3.05) is 33.4 Å². The summed E-state index contributed by atoms with van der Waals surface area (Å²) in [7, 11) is 2.21. The summed E-state index contributed by atoms with van der Waals surface area (Å²) in [5.74, 6) is 0. The zero-order chi connectivity index (χ0) is 11.9. The van der Waals surface area contributed by atoms with E-state index in [2.05, 4.69) is 17.3 Å². The van der Waals surface area contributed by atoms with Crippen LogP contribution in [-0.4, -0.2) is 50.3 Å². The smallest absolute Gasteiger partial charge is 0.0593 e. The molecule has 2 fully saturated rings. The van der Waals surface area contributed by atoms with E-state index in [0.29, 0.717) is 0 Å². The van der Waals surface area contributed by atoms with E-state index in [1.54, 1.807) is 0 Å². The van der Waals surface area contributed by atoms with Crippen molar-refractivity contribution >= 4 is 0 Å². The molecular formula is C14H28N2O. The molecule has 0 saturated heterocycles. The van der Waals surface area contributed by atoms with E-state index < -0.39 is 0 Å². The summed E-state index contributed by atoms with van der Waals surface area (Å²) in [6.07, 6.45) is 9.42. The molecule has 0 amide bonds. The molecule has 0 unspecified atom stereocenters. The fourth-order valence-corrected chi connectivity index (χ4v) is 2.11. The van der Waals surface area contributed by atoms with Gasteiger partial charge in [0.15, 0.2) is 0 Å². The van der Waals surface area contributed by atoms with Crippen LogP contribution in [0.25, 0.3) is 0 Å². The van der Waals surface area contributed by atoms with Crippen LogP contribution in [0, 0.1) is 0 Å². The van der Waals surface area contributed by atoms with Gasteiger partial charge in [-0.3, -0.25) is 0 Å². The van der Waals surface area contributed by atoms with Crippen LogP contribution >= 0.6 is 0 Å². The van der Waals surface area contributed by atoms with Gasteiger partial charge in [0.2, 0.25) is 0 Å². The minimum atomic E-state index is 0.865. The maximum absolute atomic E-state index is 5.66. The summed E-state index contributed by atoms with van der Waals surface area (Å²) < 4.78 is 5.66. The summed E-state index contributed by atoms with van der Waals surface area (Å²) in [5.41, 5.74) is 0. The highest BCUT2D eigenvalue weighted by Crippen LogP contribution is 2.24. The molecule has 3 heteroatoms. The third-order valence-electron chi connectivity index (χ3n) is 3.73. The molecule has 0 radical (unpaired) electrons. The molecule has 2 rings (SSSR count). The van der Waals surface area contributed by atoms with Gasteiger partial charge in [0.1, 0.15) is 0 Å². The Balaban J connectivity index is 1.26. The number of likely N-dealkylation sites (N-methyl/N-ethyl adjacent to an activating group) is 1. The van der Waals surface area contributed by atoms with Crippen molar-refractivity contribution in [2.45, 2.75) is 57.0 Å². The first kappa shape index (κ1) is 13.3. The lowest BCUT2D eigenvalue weighted by atomic mass is 10.2. The van der Waals surface area contributed by atoms with Crippen LogP contribution in [0.5, 0.6) is 0 Å². The number of unbranched alkanes of at least 4 members (excludes halogenated alkanes) is 2. The minimum Gasteiger partial charge on any atom is -0.380 e. The highest BCUT2D eigenvalue weighted by atomic mass is 16.5. The van der Waals surface area contributed by atoms with Crippen LogP contribution in [0.2, 0.25) is 0 Å². The molecule has 17 heavy (non-hydrogen) atoms. The van der Waals surface area contributed by atoms with Crippen molar-refractivity contribution in [3.63, 3.8) is 0 Å². The number of nitrogens with one attached hydrogen (secondary N) is 1. The van der Waals surface area contributed by atoms with Gasteiger partial charge in [0.05, 0.1) is 6.61 Å². The normalized spacial score (nSPS) is 20.1. The summed E-state index contributed by atoms with van der Waals surface area (Å²) in [6, 6.07) is 1.73. The highest BCUT2D eigenvalue weighted by Gasteiger charge is 2.25. The van der Waals surface area contributed by atoms with Crippen LogP contribution < -0.4 is 5.32 Å². The van der Waals surface area contributed by atoms with Gasteiger partial charge < -0.3 is 15.0 Å². The predicted molar refractivity (Wildman–Crippen MR) is 71.3 cm³/mol. The van der Waals surface area contributed by atoms with Crippen LogP contribution in [0.3, 0.4) is 0 Å². The van der Waals surface area contributed by atoms with Gasteiger partial charge in [0.25, 0.3) is 0 Å². The predicted octanol–water partition coefficient (Wildman–Crippen LogP) is 2.02. The zero-order valence-corrected chi connectivity index (χ0v) is 11.3. The average Bonchev–Trinajstić information content (AvgIpc) is 3.17. The van der Waals surface area contributed by atoms with Crippen molar-refractivity contribution in [3.8, 4) is 0 Å². The third-order valence-corrected chi connectivity index (χ3v) is 3.73. The van der Waals surface area contributed by atoms with Gasteiger partial charge in [0, 0.05) is 25.2 Å². The molecule has 0 aromatic heterocycles. The Hall–Kier alpha value is -0.120. The molecule has 1 N–H and O–H groups in total. The lowest BCUT2D eigenvalue weighted by Crippen LogP contribution is -2.25. The van der Waals surface area contributed by atoms with Crippen molar-refractivity contribution < 1.29 is 4.74 Å². The minimum absolute atomic E-state index is 0.865. The first-order valence-electron chi connectivity index (χ1n) is 7.37. The summed E-state index contributed by atoms with van der Waals surface area (Å²) in [6.45, 7) is 4.16. The molecule has 0 atom stereocenters. The molecule has 100 valence electrons. The molecule has 2 aliphatic carbocycles. The van der Waals surface area contributed by atoms with Crippen LogP contribution in [0.15, 0.2) is 0 Å². The van der Waals surface area contributed by atoms with E-state index in [9.17, 15) is 0 Å². The van der Waals surface area contributed by atoms with Crippen molar-refractivity contribution in [1.82, 2.24) is 10.2 Å². The molecule has 0 aromatic carbocycles. The Labute approximate surface area is 106 Å². The van der Waals surface area contributed by atoms with E-state index in [-0.39, 0.29) is 0 Å². The second-order valence-electron chi connectivity index (χ2n) is 5.61. The number of hydrogen-bond donors (Lipinski definition) is 1. The van der Waals surface area contributed by atoms with Gasteiger partial charge >= 0.3 is 0 Å². The van der Waals surface area contributed by atoms with E-state index in [1.807, 2.05) is 0 Å². The van der Waals surface area contributed by atoms with E-state index in [0.717, 1.165) is 31.8 Å². The number of hydrogen-bond acceptors (Lipinski definition) is 3. The monoisotopic (exact) mass is 240 g/mol. The summed E-state index contributed by atoms with van der Waals surface area (Å²) >= 11 is 0. The fourth-order valence-electron chi connectivity index (χ4n) is 2.11. The van der Waals surface area contributed by atoms with Crippen molar-refractivity contribution in [3.05, 3.63) is 0 Å². The first-order chi connectivity index (χ1) is 8.36.